The molecule has 0 aromatic heterocycles. The van der Waals surface area contributed by atoms with Crippen LogP contribution in [0.2, 0.25) is 0 Å². The molecule has 0 saturated carbocycles. The Hall–Kier alpha value is -1.23. The molecule has 1 N–H and O–H groups in total. The third-order valence-electron chi connectivity index (χ3n) is 2.88. The van der Waals surface area contributed by atoms with Crippen LogP contribution in [0, 0.1) is 5.82 Å². The first kappa shape index (κ1) is 15.2. The first-order valence-electron chi connectivity index (χ1n) is 6.40. The highest BCUT2D eigenvalue weighted by Gasteiger charge is 2.00. The molecule has 0 aliphatic carbocycles. The molecule has 0 aliphatic heterocycles. The highest BCUT2D eigenvalue weighted by molar-refractivity contribution is 9.10. The molecular formula is C16H17BrFNO. The Kier molecular flexibility index (Phi) is 5.71. The molecule has 0 amide bonds. The van der Waals surface area contributed by atoms with E-state index in [4.69, 9.17) is 4.74 Å². The lowest BCUT2D eigenvalue weighted by Gasteiger charge is -2.07. The fraction of sp³-hybridized carbons (Fsp3) is 0.250. The summed E-state index contributed by atoms with van der Waals surface area (Å²) in [7, 11) is 1.69. The summed E-state index contributed by atoms with van der Waals surface area (Å²) in [5.41, 5.74) is 3.26. The Morgan fingerprint density at radius 2 is 1.80 bits per heavy atom. The molecule has 0 bridgehead atoms. The molecule has 2 aromatic carbocycles. The summed E-state index contributed by atoms with van der Waals surface area (Å²) < 4.78 is 19.1. The number of hydrogen-bond donors (Lipinski definition) is 1. The van der Waals surface area contributed by atoms with Crippen LogP contribution >= 0.6 is 15.9 Å². The molecule has 2 aromatic rings. The number of hydrogen-bond acceptors (Lipinski definition) is 2. The maximum atomic E-state index is 13.2. The van der Waals surface area contributed by atoms with Crippen LogP contribution in [0.25, 0.3) is 0 Å². The van der Waals surface area contributed by atoms with Crippen molar-refractivity contribution in [3.63, 3.8) is 0 Å². The first-order chi connectivity index (χ1) is 9.67. The van der Waals surface area contributed by atoms with Crippen molar-refractivity contribution in [1.82, 2.24) is 5.32 Å². The van der Waals surface area contributed by atoms with Crippen LogP contribution in [-0.4, -0.2) is 7.11 Å². The van der Waals surface area contributed by atoms with Crippen molar-refractivity contribution in [3.8, 4) is 0 Å². The van der Waals surface area contributed by atoms with Crippen molar-refractivity contribution in [1.29, 1.82) is 0 Å². The summed E-state index contributed by atoms with van der Waals surface area (Å²) in [6.45, 7) is 1.99. The summed E-state index contributed by atoms with van der Waals surface area (Å²) in [5.74, 6) is -0.224. The van der Waals surface area contributed by atoms with Crippen molar-refractivity contribution < 1.29 is 9.13 Å². The van der Waals surface area contributed by atoms with Crippen molar-refractivity contribution in [2.45, 2.75) is 19.7 Å². The van der Waals surface area contributed by atoms with Gasteiger partial charge in [0, 0.05) is 24.7 Å². The van der Waals surface area contributed by atoms with E-state index >= 15 is 0 Å². The Labute approximate surface area is 127 Å². The molecule has 0 unspecified atom stereocenters. The van der Waals surface area contributed by atoms with E-state index in [2.05, 4.69) is 33.4 Å². The van der Waals surface area contributed by atoms with Gasteiger partial charge in [-0.05, 0) is 34.9 Å². The quantitative estimate of drug-likeness (QED) is 0.859. The zero-order chi connectivity index (χ0) is 14.4. The zero-order valence-electron chi connectivity index (χ0n) is 11.3. The van der Waals surface area contributed by atoms with Gasteiger partial charge in [0.15, 0.2) is 0 Å². The van der Waals surface area contributed by atoms with Crippen LogP contribution < -0.4 is 5.32 Å². The Balaban J connectivity index is 1.90. The van der Waals surface area contributed by atoms with E-state index in [1.54, 1.807) is 13.2 Å². The number of halogens is 2. The van der Waals surface area contributed by atoms with E-state index in [-0.39, 0.29) is 5.82 Å². The first-order valence-corrected chi connectivity index (χ1v) is 7.19. The largest absolute Gasteiger partial charge is 0.380 e. The summed E-state index contributed by atoms with van der Waals surface area (Å²) >= 11 is 3.29. The summed E-state index contributed by atoms with van der Waals surface area (Å²) in [5, 5.41) is 3.31. The fourth-order valence-electron chi connectivity index (χ4n) is 2.06. The van der Waals surface area contributed by atoms with E-state index in [1.165, 1.54) is 11.6 Å². The maximum absolute atomic E-state index is 13.2. The van der Waals surface area contributed by atoms with Gasteiger partial charge in [0.25, 0.3) is 0 Å². The third kappa shape index (κ3) is 4.71. The lowest BCUT2D eigenvalue weighted by molar-refractivity contribution is 0.185. The van der Waals surface area contributed by atoms with E-state index in [0.29, 0.717) is 13.2 Å². The summed E-state index contributed by atoms with van der Waals surface area (Å²) in [4.78, 5) is 0. The SMILES string of the molecule is COCc1cccc(CNCc2cc(F)cc(Br)c2)c1. The predicted molar refractivity (Wildman–Crippen MR) is 81.8 cm³/mol. The van der Waals surface area contributed by atoms with Crippen molar-refractivity contribution in [2.75, 3.05) is 7.11 Å². The highest BCUT2D eigenvalue weighted by Crippen LogP contribution is 2.15. The Morgan fingerprint density at radius 3 is 2.55 bits per heavy atom. The average Bonchev–Trinajstić information content (AvgIpc) is 2.38. The minimum Gasteiger partial charge on any atom is -0.380 e. The van der Waals surface area contributed by atoms with Gasteiger partial charge in [0.2, 0.25) is 0 Å². The Bertz CT molecular complexity index is 554. The van der Waals surface area contributed by atoms with Crippen molar-refractivity contribution in [2.24, 2.45) is 0 Å². The van der Waals surface area contributed by atoms with Crippen LogP contribution in [-0.2, 0) is 24.4 Å². The molecule has 0 spiro atoms. The molecule has 0 fully saturated rings. The summed E-state index contributed by atoms with van der Waals surface area (Å²) in [6, 6.07) is 13.1. The van der Waals surface area contributed by atoms with E-state index in [9.17, 15) is 4.39 Å². The molecule has 0 aliphatic rings. The average molecular weight is 338 g/mol. The van der Waals surface area contributed by atoms with Gasteiger partial charge in [-0.25, -0.2) is 4.39 Å². The molecule has 106 valence electrons. The minimum atomic E-state index is -0.224. The molecule has 2 nitrogen and oxygen atoms in total. The molecule has 0 radical (unpaired) electrons. The maximum Gasteiger partial charge on any atom is 0.124 e. The van der Waals surface area contributed by atoms with E-state index < -0.39 is 0 Å². The van der Waals surface area contributed by atoms with E-state index in [0.717, 1.165) is 22.1 Å². The number of ether oxygens (including phenoxy) is 1. The number of nitrogens with one attached hydrogen (secondary N) is 1. The van der Waals surface area contributed by atoms with Gasteiger partial charge in [-0.2, -0.15) is 0 Å². The number of benzene rings is 2. The van der Waals surface area contributed by atoms with Crippen LogP contribution in [0.1, 0.15) is 16.7 Å². The second-order valence-corrected chi connectivity index (χ2v) is 5.55. The fourth-order valence-corrected chi connectivity index (χ4v) is 2.57. The standard InChI is InChI=1S/C16H17BrFNO/c1-20-11-13-4-2-3-12(5-13)9-19-10-14-6-15(17)8-16(18)7-14/h2-8,19H,9-11H2,1H3. The molecule has 4 heteroatoms. The van der Waals surface area contributed by atoms with Gasteiger partial charge in [-0.15, -0.1) is 0 Å². The molecule has 20 heavy (non-hydrogen) atoms. The highest BCUT2D eigenvalue weighted by atomic mass is 79.9. The molecule has 0 saturated heterocycles. The monoisotopic (exact) mass is 337 g/mol. The van der Waals surface area contributed by atoms with Crippen LogP contribution in [0.3, 0.4) is 0 Å². The van der Waals surface area contributed by atoms with Crippen LogP contribution in [0.4, 0.5) is 4.39 Å². The topological polar surface area (TPSA) is 21.3 Å². The van der Waals surface area contributed by atoms with Gasteiger partial charge < -0.3 is 10.1 Å². The summed E-state index contributed by atoms with van der Waals surface area (Å²) in [6.07, 6.45) is 0. The molecular weight excluding hydrogens is 321 g/mol. The smallest absolute Gasteiger partial charge is 0.124 e. The predicted octanol–water partition coefficient (Wildman–Crippen LogP) is 4.02. The van der Waals surface area contributed by atoms with Gasteiger partial charge >= 0.3 is 0 Å². The van der Waals surface area contributed by atoms with Gasteiger partial charge in [-0.1, -0.05) is 40.2 Å². The third-order valence-corrected chi connectivity index (χ3v) is 3.34. The molecule has 2 rings (SSSR count). The van der Waals surface area contributed by atoms with Crippen LogP contribution in [0.15, 0.2) is 46.9 Å². The van der Waals surface area contributed by atoms with Crippen molar-refractivity contribution >= 4 is 15.9 Å². The lowest BCUT2D eigenvalue weighted by Crippen LogP contribution is -2.13. The lowest BCUT2D eigenvalue weighted by atomic mass is 10.1. The number of methoxy groups -OCH3 is 1. The molecule has 0 atom stereocenters. The second-order valence-electron chi connectivity index (χ2n) is 4.63. The Morgan fingerprint density at radius 1 is 1.05 bits per heavy atom. The van der Waals surface area contributed by atoms with Gasteiger partial charge in [0.05, 0.1) is 6.61 Å². The van der Waals surface area contributed by atoms with E-state index in [1.807, 2.05) is 18.2 Å². The van der Waals surface area contributed by atoms with Crippen LogP contribution in [0.5, 0.6) is 0 Å². The normalized spacial score (nSPS) is 10.8. The van der Waals surface area contributed by atoms with Gasteiger partial charge in [-0.3, -0.25) is 0 Å². The second kappa shape index (κ2) is 7.53. The van der Waals surface area contributed by atoms with Crippen molar-refractivity contribution in [3.05, 3.63) is 69.4 Å². The molecule has 0 heterocycles. The zero-order valence-corrected chi connectivity index (χ0v) is 12.9. The minimum absolute atomic E-state index is 0.224. The number of rotatable bonds is 6. The van der Waals surface area contributed by atoms with Gasteiger partial charge in [0.1, 0.15) is 5.82 Å².